The van der Waals surface area contributed by atoms with Crippen molar-refractivity contribution in [2.45, 2.75) is 19.3 Å². The van der Waals surface area contributed by atoms with Crippen LogP contribution in [0.25, 0.3) is 0 Å². The van der Waals surface area contributed by atoms with Gasteiger partial charge in [-0.15, -0.1) is 0 Å². The van der Waals surface area contributed by atoms with Crippen molar-refractivity contribution in [1.29, 1.82) is 5.26 Å². The van der Waals surface area contributed by atoms with Crippen LogP contribution in [0.5, 0.6) is 5.75 Å². The lowest BCUT2D eigenvalue weighted by atomic mass is 9.96. The molecule has 1 unspecified atom stereocenters. The van der Waals surface area contributed by atoms with E-state index in [2.05, 4.69) is 9.97 Å². The van der Waals surface area contributed by atoms with Crippen LogP contribution >= 0.6 is 0 Å². The molecule has 1 aliphatic rings. The van der Waals surface area contributed by atoms with Crippen LogP contribution in [0.4, 0.5) is 5.82 Å². The van der Waals surface area contributed by atoms with E-state index < -0.39 is 0 Å². The molecule has 100 valence electrons. The highest BCUT2D eigenvalue weighted by Gasteiger charge is 2.24. The maximum absolute atomic E-state index is 9.00. The highest BCUT2D eigenvalue weighted by atomic mass is 16.5. The molecule has 2 N–H and O–H groups in total. The maximum atomic E-state index is 9.00. The van der Waals surface area contributed by atoms with Gasteiger partial charge in [-0.05, 0) is 25.0 Å². The summed E-state index contributed by atoms with van der Waals surface area (Å²) in [5.41, 5.74) is 7.94. The molecule has 5 heteroatoms. The van der Waals surface area contributed by atoms with Gasteiger partial charge >= 0.3 is 0 Å². The van der Waals surface area contributed by atoms with Gasteiger partial charge in [0.05, 0.1) is 18.2 Å². The minimum Gasteiger partial charge on any atom is -0.493 e. The summed E-state index contributed by atoms with van der Waals surface area (Å²) in [4.78, 5) is 8.67. The first-order valence-corrected chi connectivity index (χ1v) is 6.44. The first-order chi connectivity index (χ1) is 9.69. The van der Waals surface area contributed by atoms with Crippen LogP contribution < -0.4 is 10.5 Å². The number of fused-ring (bicyclic) bond motifs is 1. The minimum atomic E-state index is 0.0682. The van der Waals surface area contributed by atoms with Crippen molar-refractivity contribution in [3.63, 3.8) is 0 Å². The Morgan fingerprint density at radius 3 is 2.90 bits per heavy atom. The second kappa shape index (κ2) is 4.82. The summed E-state index contributed by atoms with van der Waals surface area (Å²) in [6.45, 7) is 2.31. The number of anilines is 1. The van der Waals surface area contributed by atoms with Gasteiger partial charge in [-0.25, -0.2) is 9.97 Å². The Kier molecular flexibility index (Phi) is 2.99. The molecule has 0 bridgehead atoms. The van der Waals surface area contributed by atoms with Gasteiger partial charge in [-0.2, -0.15) is 5.26 Å². The highest BCUT2D eigenvalue weighted by molar-refractivity contribution is 5.51. The van der Waals surface area contributed by atoms with E-state index in [0.29, 0.717) is 23.7 Å². The molecule has 1 aromatic carbocycles. The number of rotatable bonds is 1. The number of nitrogens with zero attached hydrogens (tertiary/aromatic N) is 3. The van der Waals surface area contributed by atoms with Gasteiger partial charge in [0.25, 0.3) is 0 Å². The van der Waals surface area contributed by atoms with Crippen molar-refractivity contribution in [3.05, 3.63) is 46.9 Å². The average Bonchev–Trinajstić information content (AvgIpc) is 2.46. The fraction of sp³-hybridized carbons (Fsp3) is 0.267. The number of nitrogen functional groups attached to an aromatic ring is 1. The Morgan fingerprint density at radius 2 is 2.15 bits per heavy atom. The number of nitriles is 1. The molecular formula is C15H14N4O. The van der Waals surface area contributed by atoms with Crippen molar-refractivity contribution in [3.8, 4) is 11.8 Å². The topological polar surface area (TPSA) is 84.8 Å². The summed E-state index contributed by atoms with van der Waals surface area (Å²) in [6.07, 6.45) is 0.820. The first-order valence-electron chi connectivity index (χ1n) is 6.44. The normalized spacial score (nSPS) is 16.9. The van der Waals surface area contributed by atoms with E-state index in [1.165, 1.54) is 0 Å². The van der Waals surface area contributed by atoms with Crippen LogP contribution in [0.1, 0.15) is 28.6 Å². The molecule has 0 fully saturated rings. The van der Waals surface area contributed by atoms with Gasteiger partial charge in [0.15, 0.2) is 0 Å². The van der Waals surface area contributed by atoms with Crippen molar-refractivity contribution in [2.75, 3.05) is 12.3 Å². The third-order valence-corrected chi connectivity index (χ3v) is 3.49. The predicted molar refractivity (Wildman–Crippen MR) is 74.3 cm³/mol. The quantitative estimate of drug-likeness (QED) is 0.852. The fourth-order valence-electron chi connectivity index (χ4n) is 2.43. The van der Waals surface area contributed by atoms with Crippen molar-refractivity contribution in [2.24, 2.45) is 0 Å². The standard InChI is InChI=1S/C15H14N4O/c1-9-12(7-16)14(17)19-15(18-9)11-6-10-4-2-3-5-13(10)20-8-11/h2-5,11H,6,8H2,1H3,(H2,17,18,19). The zero-order chi connectivity index (χ0) is 14.1. The zero-order valence-electron chi connectivity index (χ0n) is 11.1. The van der Waals surface area contributed by atoms with Crippen molar-refractivity contribution >= 4 is 5.82 Å². The SMILES string of the molecule is Cc1nc(C2COc3ccccc3C2)nc(N)c1C#N. The summed E-state index contributed by atoms with van der Waals surface area (Å²) in [5, 5.41) is 9.00. The molecule has 3 rings (SSSR count). The molecule has 1 atom stereocenters. The monoisotopic (exact) mass is 266 g/mol. The predicted octanol–water partition coefficient (Wildman–Crippen LogP) is 1.96. The fourth-order valence-corrected chi connectivity index (χ4v) is 2.43. The summed E-state index contributed by atoms with van der Waals surface area (Å²) in [7, 11) is 0. The Morgan fingerprint density at radius 1 is 1.35 bits per heavy atom. The van der Waals surface area contributed by atoms with Gasteiger partial charge in [0.2, 0.25) is 0 Å². The largest absolute Gasteiger partial charge is 0.493 e. The van der Waals surface area contributed by atoms with Crippen LogP contribution in [0.2, 0.25) is 0 Å². The Hall–Kier alpha value is -2.61. The lowest BCUT2D eigenvalue weighted by Crippen LogP contribution is -2.22. The van der Waals surface area contributed by atoms with Crippen molar-refractivity contribution < 1.29 is 4.74 Å². The van der Waals surface area contributed by atoms with Gasteiger partial charge in [0, 0.05) is 0 Å². The number of aryl methyl sites for hydroxylation is 1. The van der Waals surface area contributed by atoms with Crippen LogP contribution in [-0.2, 0) is 6.42 Å². The minimum absolute atomic E-state index is 0.0682. The summed E-state index contributed by atoms with van der Waals surface area (Å²) in [6, 6.07) is 9.98. The van der Waals surface area contributed by atoms with Gasteiger partial charge < -0.3 is 10.5 Å². The number of para-hydroxylation sites is 1. The number of hydrogen-bond donors (Lipinski definition) is 1. The van der Waals surface area contributed by atoms with Gasteiger partial charge in [-0.1, -0.05) is 18.2 Å². The van der Waals surface area contributed by atoms with Crippen molar-refractivity contribution in [1.82, 2.24) is 9.97 Å². The molecule has 2 heterocycles. The summed E-state index contributed by atoms with van der Waals surface area (Å²) >= 11 is 0. The third kappa shape index (κ3) is 2.05. The van der Waals surface area contributed by atoms with E-state index in [4.69, 9.17) is 15.7 Å². The number of ether oxygens (including phenoxy) is 1. The van der Waals surface area contributed by atoms with E-state index in [0.717, 1.165) is 17.7 Å². The third-order valence-electron chi connectivity index (χ3n) is 3.49. The number of nitrogens with two attached hydrogens (primary N) is 1. The smallest absolute Gasteiger partial charge is 0.145 e. The molecule has 1 aliphatic heterocycles. The number of aromatic nitrogens is 2. The van der Waals surface area contributed by atoms with E-state index in [9.17, 15) is 0 Å². The Labute approximate surface area is 117 Å². The van der Waals surface area contributed by atoms with Gasteiger partial charge in [-0.3, -0.25) is 0 Å². The highest BCUT2D eigenvalue weighted by Crippen LogP contribution is 2.31. The average molecular weight is 266 g/mol. The molecule has 0 spiro atoms. The number of benzene rings is 1. The molecule has 0 saturated carbocycles. The lowest BCUT2D eigenvalue weighted by molar-refractivity contribution is 0.257. The van der Waals surface area contributed by atoms with Crippen LogP contribution in [0.3, 0.4) is 0 Å². The molecule has 0 aliphatic carbocycles. The van der Waals surface area contributed by atoms with E-state index in [1.807, 2.05) is 30.3 Å². The van der Waals surface area contributed by atoms with Crippen LogP contribution in [0.15, 0.2) is 24.3 Å². The van der Waals surface area contributed by atoms with Crippen LogP contribution in [0, 0.1) is 18.3 Å². The molecule has 2 aromatic rings. The summed E-state index contributed by atoms with van der Waals surface area (Å²) in [5.74, 6) is 1.88. The Bertz CT molecular complexity index is 682. The second-order valence-corrected chi connectivity index (χ2v) is 4.86. The molecule has 20 heavy (non-hydrogen) atoms. The zero-order valence-corrected chi connectivity index (χ0v) is 11.1. The molecule has 5 nitrogen and oxygen atoms in total. The maximum Gasteiger partial charge on any atom is 0.145 e. The second-order valence-electron chi connectivity index (χ2n) is 4.86. The molecule has 1 aromatic heterocycles. The lowest BCUT2D eigenvalue weighted by Gasteiger charge is -2.24. The molecule has 0 saturated heterocycles. The Balaban J connectivity index is 1.94. The van der Waals surface area contributed by atoms with E-state index in [1.54, 1.807) is 6.92 Å². The molecule has 0 amide bonds. The molecule has 0 radical (unpaired) electrons. The molecular weight excluding hydrogens is 252 g/mol. The first kappa shape index (κ1) is 12.4. The summed E-state index contributed by atoms with van der Waals surface area (Å²) < 4.78 is 5.74. The number of hydrogen-bond acceptors (Lipinski definition) is 5. The van der Waals surface area contributed by atoms with Gasteiger partial charge in [0.1, 0.15) is 29.0 Å². The van der Waals surface area contributed by atoms with E-state index in [-0.39, 0.29) is 11.7 Å². The van der Waals surface area contributed by atoms with Crippen LogP contribution in [-0.4, -0.2) is 16.6 Å². The van der Waals surface area contributed by atoms with E-state index >= 15 is 0 Å².